The molecular formula is C11H19N3OS. The zero-order chi connectivity index (χ0) is 12.0. The quantitative estimate of drug-likeness (QED) is 0.333. The predicted octanol–water partition coefficient (Wildman–Crippen LogP) is 2.90. The third kappa shape index (κ3) is 4.26. The van der Waals surface area contributed by atoms with Crippen molar-refractivity contribution in [3.05, 3.63) is 12.5 Å². The van der Waals surface area contributed by atoms with Gasteiger partial charge in [-0.2, -0.15) is 0 Å². The molecule has 0 radical (unpaired) electrons. The van der Waals surface area contributed by atoms with Crippen molar-refractivity contribution in [2.24, 2.45) is 11.1 Å². The molecule has 90 valence electrons. The van der Waals surface area contributed by atoms with Gasteiger partial charge in [0.25, 0.3) is 5.22 Å². The molecule has 3 N–H and O–H groups in total. The number of amidine groups is 1. The molecule has 0 fully saturated rings. The monoisotopic (exact) mass is 241 g/mol. The van der Waals surface area contributed by atoms with Crippen LogP contribution in [-0.4, -0.2) is 16.6 Å². The number of nitrogens with one attached hydrogen (secondary N) is 1. The van der Waals surface area contributed by atoms with E-state index in [-0.39, 0.29) is 11.3 Å². The van der Waals surface area contributed by atoms with Crippen LogP contribution in [0.25, 0.3) is 0 Å². The van der Waals surface area contributed by atoms with Crippen LogP contribution < -0.4 is 5.73 Å². The lowest BCUT2D eigenvalue weighted by molar-refractivity contribution is 0.445. The van der Waals surface area contributed by atoms with E-state index in [9.17, 15) is 0 Å². The highest BCUT2D eigenvalue weighted by molar-refractivity contribution is 7.99. The first-order chi connectivity index (χ1) is 7.52. The molecule has 0 amide bonds. The highest BCUT2D eigenvalue weighted by Crippen LogP contribution is 2.24. The maximum absolute atomic E-state index is 7.44. The summed E-state index contributed by atoms with van der Waals surface area (Å²) in [6.45, 7) is 4.02. The second-order valence-electron chi connectivity index (χ2n) is 4.40. The molecule has 0 unspecified atom stereocenters. The SMILES string of the molecule is CC(C)(CCCCSc1ncco1)C(=N)N. The molecule has 0 bridgehead atoms. The molecule has 0 aliphatic rings. The van der Waals surface area contributed by atoms with E-state index in [0.29, 0.717) is 0 Å². The van der Waals surface area contributed by atoms with Crippen LogP contribution in [0.2, 0.25) is 0 Å². The molecule has 0 saturated carbocycles. The van der Waals surface area contributed by atoms with Crippen molar-refractivity contribution in [2.75, 3.05) is 5.75 Å². The van der Waals surface area contributed by atoms with E-state index < -0.39 is 0 Å². The summed E-state index contributed by atoms with van der Waals surface area (Å²) < 4.78 is 5.12. The van der Waals surface area contributed by atoms with E-state index in [0.717, 1.165) is 30.2 Å². The summed E-state index contributed by atoms with van der Waals surface area (Å²) in [5.74, 6) is 1.27. The van der Waals surface area contributed by atoms with Gasteiger partial charge >= 0.3 is 0 Å². The Hall–Kier alpha value is -0.970. The van der Waals surface area contributed by atoms with Gasteiger partial charge in [0.1, 0.15) is 6.26 Å². The Morgan fingerprint density at radius 2 is 2.31 bits per heavy atom. The van der Waals surface area contributed by atoms with Crippen molar-refractivity contribution in [2.45, 2.75) is 38.3 Å². The van der Waals surface area contributed by atoms with E-state index in [1.807, 2.05) is 13.8 Å². The van der Waals surface area contributed by atoms with Crippen molar-refractivity contribution >= 4 is 17.6 Å². The lowest BCUT2D eigenvalue weighted by Crippen LogP contribution is -2.30. The Morgan fingerprint density at radius 3 is 2.88 bits per heavy atom. The smallest absolute Gasteiger partial charge is 0.255 e. The Kier molecular flexibility index (Phi) is 4.86. The van der Waals surface area contributed by atoms with E-state index in [2.05, 4.69) is 4.98 Å². The van der Waals surface area contributed by atoms with E-state index in [1.54, 1.807) is 24.2 Å². The van der Waals surface area contributed by atoms with E-state index in [4.69, 9.17) is 15.6 Å². The molecule has 5 heteroatoms. The number of aromatic nitrogens is 1. The molecule has 0 saturated heterocycles. The lowest BCUT2D eigenvalue weighted by atomic mass is 9.86. The summed E-state index contributed by atoms with van der Waals surface area (Å²) in [5.41, 5.74) is 5.34. The van der Waals surface area contributed by atoms with Crippen molar-refractivity contribution in [3.63, 3.8) is 0 Å². The molecule has 1 aromatic rings. The molecule has 0 spiro atoms. The minimum atomic E-state index is -0.173. The van der Waals surface area contributed by atoms with E-state index in [1.165, 1.54) is 0 Å². The fourth-order valence-corrected chi connectivity index (χ4v) is 2.03. The number of thioether (sulfide) groups is 1. The highest BCUT2D eigenvalue weighted by Gasteiger charge is 2.20. The average molecular weight is 241 g/mol. The zero-order valence-electron chi connectivity index (χ0n) is 9.82. The van der Waals surface area contributed by atoms with E-state index >= 15 is 0 Å². The zero-order valence-corrected chi connectivity index (χ0v) is 10.6. The number of hydrogen-bond acceptors (Lipinski definition) is 4. The van der Waals surface area contributed by atoms with Crippen LogP contribution in [0, 0.1) is 10.8 Å². The largest absolute Gasteiger partial charge is 0.440 e. The first kappa shape index (κ1) is 13.1. The fraction of sp³-hybridized carbons (Fsp3) is 0.636. The third-order valence-corrected chi connectivity index (χ3v) is 3.50. The van der Waals surface area contributed by atoms with Crippen molar-refractivity contribution in [1.29, 1.82) is 5.41 Å². The van der Waals surface area contributed by atoms with Gasteiger partial charge in [-0.15, -0.1) is 0 Å². The minimum Gasteiger partial charge on any atom is -0.440 e. The van der Waals surface area contributed by atoms with Crippen LogP contribution in [0.5, 0.6) is 0 Å². The average Bonchev–Trinajstić information content (AvgIpc) is 2.69. The number of oxazole rings is 1. The van der Waals surface area contributed by atoms with Gasteiger partial charge < -0.3 is 10.2 Å². The minimum absolute atomic E-state index is 0.173. The van der Waals surface area contributed by atoms with Crippen molar-refractivity contribution in [3.8, 4) is 0 Å². The molecule has 1 heterocycles. The van der Waals surface area contributed by atoms with Crippen molar-refractivity contribution in [1.82, 2.24) is 4.98 Å². The number of hydrogen-bond donors (Lipinski definition) is 2. The second kappa shape index (κ2) is 5.94. The summed E-state index contributed by atoms with van der Waals surface area (Å²) in [6, 6.07) is 0. The maximum atomic E-state index is 7.44. The van der Waals surface area contributed by atoms with Crippen LogP contribution in [0.1, 0.15) is 33.1 Å². The Labute approximate surface area is 101 Å². The van der Waals surface area contributed by atoms with Gasteiger partial charge in [0.2, 0.25) is 0 Å². The predicted molar refractivity (Wildman–Crippen MR) is 66.8 cm³/mol. The molecule has 1 rings (SSSR count). The Bertz CT molecular complexity index is 322. The summed E-state index contributed by atoms with van der Waals surface area (Å²) in [7, 11) is 0. The van der Waals surface area contributed by atoms with Gasteiger partial charge in [-0.1, -0.05) is 32.0 Å². The number of nitrogens with two attached hydrogens (primary N) is 1. The molecule has 16 heavy (non-hydrogen) atoms. The normalized spacial score (nSPS) is 11.6. The third-order valence-electron chi connectivity index (χ3n) is 2.56. The number of unbranched alkanes of at least 4 members (excludes halogenated alkanes) is 1. The Balaban J connectivity index is 2.10. The summed E-state index contributed by atoms with van der Waals surface area (Å²) in [6.07, 6.45) is 6.35. The Morgan fingerprint density at radius 1 is 1.56 bits per heavy atom. The standard InChI is InChI=1S/C11H19N3OS/c1-11(2,9(12)13)5-3-4-8-16-10-14-6-7-15-10/h6-7H,3-5,8H2,1-2H3,(H3,12,13). The van der Waals surface area contributed by atoms with Crippen LogP contribution in [0.4, 0.5) is 0 Å². The maximum Gasteiger partial charge on any atom is 0.255 e. The summed E-state index contributed by atoms with van der Waals surface area (Å²) >= 11 is 1.62. The second-order valence-corrected chi connectivity index (χ2v) is 5.45. The first-order valence-electron chi connectivity index (χ1n) is 5.39. The summed E-state index contributed by atoms with van der Waals surface area (Å²) in [5, 5.41) is 8.17. The summed E-state index contributed by atoms with van der Waals surface area (Å²) in [4.78, 5) is 4.03. The van der Waals surface area contributed by atoms with Gasteiger partial charge in [-0.25, -0.2) is 4.98 Å². The lowest BCUT2D eigenvalue weighted by Gasteiger charge is -2.22. The molecule has 1 aromatic heterocycles. The van der Waals surface area contributed by atoms with Gasteiger partial charge in [0.05, 0.1) is 12.0 Å². The van der Waals surface area contributed by atoms with Gasteiger partial charge in [0, 0.05) is 11.2 Å². The molecular weight excluding hydrogens is 222 g/mol. The fourth-order valence-electron chi connectivity index (χ4n) is 1.24. The van der Waals surface area contributed by atoms with Crippen LogP contribution >= 0.6 is 11.8 Å². The van der Waals surface area contributed by atoms with Crippen LogP contribution in [0.15, 0.2) is 22.1 Å². The molecule has 0 atom stereocenters. The number of rotatable bonds is 7. The van der Waals surface area contributed by atoms with Crippen LogP contribution in [0.3, 0.4) is 0 Å². The molecule has 0 aromatic carbocycles. The molecule has 0 aliphatic heterocycles. The van der Waals surface area contributed by atoms with Crippen LogP contribution in [-0.2, 0) is 0 Å². The van der Waals surface area contributed by atoms with Gasteiger partial charge in [-0.05, 0) is 12.8 Å². The topological polar surface area (TPSA) is 75.9 Å². The molecule has 4 nitrogen and oxygen atoms in total. The van der Waals surface area contributed by atoms with Gasteiger partial charge in [-0.3, -0.25) is 5.41 Å². The highest BCUT2D eigenvalue weighted by atomic mass is 32.2. The van der Waals surface area contributed by atoms with Crippen molar-refractivity contribution < 1.29 is 4.42 Å². The van der Waals surface area contributed by atoms with Gasteiger partial charge in [0.15, 0.2) is 0 Å². The number of nitrogens with zero attached hydrogens (tertiary/aromatic N) is 1. The first-order valence-corrected chi connectivity index (χ1v) is 6.38. The molecule has 0 aliphatic carbocycles.